The number of thiophene rings is 1. The van der Waals surface area contributed by atoms with Crippen LogP contribution in [-0.2, 0) is 10.0 Å². The first-order valence-corrected chi connectivity index (χ1v) is 11.8. The van der Waals surface area contributed by atoms with Crippen LogP contribution >= 0.6 is 47.1 Å². The van der Waals surface area contributed by atoms with E-state index in [0.717, 1.165) is 18.1 Å². The second kappa shape index (κ2) is 11.6. The second-order valence-corrected chi connectivity index (χ2v) is 9.76. The minimum Gasteiger partial charge on any atom is -0.356 e. The Hall–Kier alpha value is -0.0400. The van der Waals surface area contributed by atoms with E-state index in [0.29, 0.717) is 31.5 Å². The molecule has 1 aromatic heterocycles. The van der Waals surface area contributed by atoms with E-state index in [2.05, 4.69) is 39.4 Å². The summed E-state index contributed by atoms with van der Waals surface area (Å²) in [6.45, 7) is 4.52. The van der Waals surface area contributed by atoms with Crippen molar-refractivity contribution >= 4 is 63.1 Å². The Morgan fingerprint density at radius 3 is 2.68 bits per heavy atom. The van der Waals surface area contributed by atoms with Crippen LogP contribution in [0.4, 0.5) is 0 Å². The molecule has 1 unspecified atom stereocenters. The molecule has 0 saturated carbocycles. The molecule has 2 N–H and O–H groups in total. The lowest BCUT2D eigenvalue weighted by Gasteiger charge is -2.25. The Morgan fingerprint density at radius 2 is 2.08 bits per heavy atom. The van der Waals surface area contributed by atoms with Gasteiger partial charge in [0.2, 0.25) is 10.0 Å². The third-order valence-electron chi connectivity index (χ3n) is 3.93. The smallest absolute Gasteiger partial charge is 0.215 e. The zero-order valence-corrected chi connectivity index (χ0v) is 19.4. The third kappa shape index (κ3) is 7.61. The topological polar surface area (TPSA) is 73.8 Å². The van der Waals surface area contributed by atoms with Gasteiger partial charge in [-0.05, 0) is 28.3 Å². The van der Waals surface area contributed by atoms with Gasteiger partial charge in [-0.15, -0.1) is 24.0 Å². The zero-order valence-electron chi connectivity index (χ0n) is 14.6. The minimum atomic E-state index is -3.18. The van der Waals surface area contributed by atoms with Gasteiger partial charge in [0.05, 0.1) is 5.75 Å². The number of hydrogen-bond acceptors (Lipinski definition) is 5. The third-order valence-corrected chi connectivity index (χ3v) is 7.44. The van der Waals surface area contributed by atoms with Gasteiger partial charge in [0.25, 0.3) is 0 Å². The fourth-order valence-corrected chi connectivity index (χ4v) is 5.67. The molecule has 1 aliphatic heterocycles. The molecule has 1 aromatic rings. The average molecular weight is 519 g/mol. The van der Waals surface area contributed by atoms with E-state index in [1.54, 1.807) is 34.5 Å². The predicted octanol–water partition coefficient (Wildman–Crippen LogP) is 2.01. The molecule has 0 amide bonds. The molecule has 2 heterocycles. The summed E-state index contributed by atoms with van der Waals surface area (Å²) in [6.07, 6.45) is 0. The lowest BCUT2D eigenvalue weighted by Crippen LogP contribution is -2.44. The largest absolute Gasteiger partial charge is 0.356 e. The second-order valence-electron chi connectivity index (χ2n) is 5.67. The number of halogens is 1. The van der Waals surface area contributed by atoms with Crippen molar-refractivity contribution in [1.82, 2.24) is 14.9 Å². The summed E-state index contributed by atoms with van der Waals surface area (Å²) < 4.78 is 26.2. The number of nitrogens with one attached hydrogen (secondary N) is 2. The van der Waals surface area contributed by atoms with Gasteiger partial charge in [0, 0.05) is 44.7 Å². The fourth-order valence-electron chi connectivity index (χ4n) is 2.40. The molecule has 1 atom stereocenters. The highest BCUT2D eigenvalue weighted by molar-refractivity contribution is 14.0. The molecule has 10 heteroatoms. The molecule has 1 saturated heterocycles. The van der Waals surface area contributed by atoms with Crippen molar-refractivity contribution in [2.24, 2.45) is 4.99 Å². The first-order valence-electron chi connectivity index (χ1n) is 8.05. The van der Waals surface area contributed by atoms with Crippen molar-refractivity contribution in [2.75, 3.05) is 50.5 Å². The number of rotatable bonds is 7. The number of hydrogen-bond donors (Lipinski definition) is 2. The summed E-state index contributed by atoms with van der Waals surface area (Å²) in [7, 11) is -1.48. The van der Waals surface area contributed by atoms with Crippen molar-refractivity contribution in [3.63, 3.8) is 0 Å². The van der Waals surface area contributed by atoms with Gasteiger partial charge in [0.1, 0.15) is 0 Å². The van der Waals surface area contributed by atoms with Crippen LogP contribution in [-0.4, -0.2) is 69.2 Å². The monoisotopic (exact) mass is 518 g/mol. The molecule has 144 valence electrons. The van der Waals surface area contributed by atoms with E-state index in [-0.39, 0.29) is 29.7 Å². The number of thioether (sulfide) groups is 1. The van der Waals surface area contributed by atoms with Crippen molar-refractivity contribution in [3.05, 3.63) is 22.4 Å². The van der Waals surface area contributed by atoms with E-state index < -0.39 is 10.0 Å². The van der Waals surface area contributed by atoms with Crippen LogP contribution in [0.3, 0.4) is 0 Å². The first kappa shape index (κ1) is 23.0. The normalized spacial score (nSPS) is 17.6. The van der Waals surface area contributed by atoms with Crippen LogP contribution in [0, 0.1) is 0 Å². The summed E-state index contributed by atoms with van der Waals surface area (Å²) in [5, 5.41) is 10.6. The Kier molecular flexibility index (Phi) is 10.7. The van der Waals surface area contributed by atoms with Gasteiger partial charge >= 0.3 is 0 Å². The van der Waals surface area contributed by atoms with Crippen LogP contribution in [0.25, 0.3) is 0 Å². The zero-order chi connectivity index (χ0) is 17.4. The summed E-state index contributed by atoms with van der Waals surface area (Å²) in [5.41, 5.74) is 1.30. The lowest BCUT2D eigenvalue weighted by atomic mass is 10.1. The van der Waals surface area contributed by atoms with Crippen LogP contribution in [0.5, 0.6) is 0 Å². The van der Waals surface area contributed by atoms with Crippen LogP contribution in [0.2, 0.25) is 0 Å². The maximum absolute atomic E-state index is 12.3. The minimum absolute atomic E-state index is 0. The molecule has 0 bridgehead atoms. The standard InChI is InChI=1S/C15H26N4O2S3.HI/c1-13(14-3-7-23-12-14)11-18-15(16-2)17-4-10-24(20,21)19-5-8-22-9-6-19;/h3,7,12-13H,4-6,8-11H2,1-2H3,(H2,16,17,18);1H. The highest BCUT2D eigenvalue weighted by Crippen LogP contribution is 2.17. The quantitative estimate of drug-likeness (QED) is 0.328. The van der Waals surface area contributed by atoms with E-state index >= 15 is 0 Å². The van der Waals surface area contributed by atoms with Crippen molar-refractivity contribution in [1.29, 1.82) is 0 Å². The van der Waals surface area contributed by atoms with E-state index in [9.17, 15) is 8.42 Å². The molecule has 25 heavy (non-hydrogen) atoms. The lowest BCUT2D eigenvalue weighted by molar-refractivity contribution is 0.443. The van der Waals surface area contributed by atoms with Crippen LogP contribution in [0.1, 0.15) is 18.4 Å². The number of nitrogens with zero attached hydrogens (tertiary/aromatic N) is 2. The number of aliphatic imine (C=N–C) groups is 1. The van der Waals surface area contributed by atoms with Crippen LogP contribution in [0.15, 0.2) is 21.8 Å². The van der Waals surface area contributed by atoms with Gasteiger partial charge in [-0.25, -0.2) is 12.7 Å². The van der Waals surface area contributed by atoms with Gasteiger partial charge in [-0.2, -0.15) is 23.1 Å². The highest BCUT2D eigenvalue weighted by atomic mass is 127. The molecule has 1 fully saturated rings. The van der Waals surface area contributed by atoms with E-state index in [4.69, 9.17) is 0 Å². The van der Waals surface area contributed by atoms with Crippen molar-refractivity contribution < 1.29 is 8.42 Å². The summed E-state index contributed by atoms with van der Waals surface area (Å²) in [6, 6.07) is 2.12. The molecule has 1 aliphatic rings. The van der Waals surface area contributed by atoms with Gasteiger partial charge in [-0.3, -0.25) is 4.99 Å². The van der Waals surface area contributed by atoms with Crippen LogP contribution < -0.4 is 10.6 Å². The Labute approximate surface area is 176 Å². The molecule has 0 aromatic carbocycles. The first-order chi connectivity index (χ1) is 11.5. The summed E-state index contributed by atoms with van der Waals surface area (Å²) in [4.78, 5) is 4.16. The molecule has 0 spiro atoms. The maximum Gasteiger partial charge on any atom is 0.215 e. The Balaban J connectivity index is 0.00000312. The SMILES string of the molecule is CN=C(NCCS(=O)(=O)N1CCSCC1)NCC(C)c1ccsc1.I. The molecule has 6 nitrogen and oxygen atoms in total. The molecular weight excluding hydrogens is 491 g/mol. The number of guanidine groups is 1. The molecular formula is C15H27IN4O2S3. The molecule has 0 aliphatic carbocycles. The van der Waals surface area contributed by atoms with Gasteiger partial charge in [0.15, 0.2) is 5.96 Å². The maximum atomic E-state index is 12.3. The molecule has 2 rings (SSSR count). The highest BCUT2D eigenvalue weighted by Gasteiger charge is 2.23. The summed E-state index contributed by atoms with van der Waals surface area (Å²) in [5.74, 6) is 2.89. The predicted molar refractivity (Wildman–Crippen MR) is 120 cm³/mol. The van der Waals surface area contributed by atoms with Crippen molar-refractivity contribution in [2.45, 2.75) is 12.8 Å². The van der Waals surface area contributed by atoms with E-state index in [1.807, 2.05) is 0 Å². The Bertz CT molecular complexity index is 617. The average Bonchev–Trinajstić information content (AvgIpc) is 3.13. The molecule has 0 radical (unpaired) electrons. The Morgan fingerprint density at radius 1 is 1.36 bits per heavy atom. The fraction of sp³-hybridized carbons (Fsp3) is 0.667. The van der Waals surface area contributed by atoms with Gasteiger partial charge in [-0.1, -0.05) is 6.92 Å². The van der Waals surface area contributed by atoms with E-state index in [1.165, 1.54) is 5.56 Å². The van der Waals surface area contributed by atoms with Gasteiger partial charge < -0.3 is 10.6 Å². The summed E-state index contributed by atoms with van der Waals surface area (Å²) >= 11 is 3.50. The van der Waals surface area contributed by atoms with Crippen molar-refractivity contribution in [3.8, 4) is 0 Å². The number of sulfonamides is 1.